The lowest BCUT2D eigenvalue weighted by atomic mass is 9.99. The second-order valence-corrected chi connectivity index (χ2v) is 19.1. The number of nitrogens with one attached hydrogen (secondary N) is 1. The SMILES string of the molecule is CCCCCCCCCCCCCCCCC(=O)OC[C@H](CSC[C@@H](N)C(=O)Nc1cn(CC2OC(O)C(O)C(O)C2O)nn1)OC(=O)CCCCCCCCCCCCCCCC. The van der Waals surface area contributed by atoms with Gasteiger partial charge in [-0.25, -0.2) is 4.68 Å². The molecule has 2 rings (SSSR count). The summed E-state index contributed by atoms with van der Waals surface area (Å²) in [4.78, 5) is 38.5. The summed E-state index contributed by atoms with van der Waals surface area (Å²) in [7, 11) is 0. The number of aliphatic hydroxyl groups excluding tert-OH is 4. The summed E-state index contributed by atoms with van der Waals surface area (Å²) >= 11 is 1.31. The molecule has 0 bridgehead atoms. The van der Waals surface area contributed by atoms with Crippen LogP contribution in [0.15, 0.2) is 6.20 Å². The van der Waals surface area contributed by atoms with Crippen LogP contribution in [0.4, 0.5) is 5.82 Å². The first-order valence-electron chi connectivity index (χ1n) is 25.3. The number of carbonyl (C=O) groups excluding carboxylic acids is 3. The summed E-state index contributed by atoms with van der Waals surface area (Å²) in [5.41, 5.74) is 6.19. The van der Waals surface area contributed by atoms with E-state index in [2.05, 4.69) is 29.5 Å². The number of esters is 2. The first kappa shape index (κ1) is 57.8. The van der Waals surface area contributed by atoms with Gasteiger partial charge in [0, 0.05) is 24.3 Å². The van der Waals surface area contributed by atoms with E-state index < -0.39 is 48.8 Å². The van der Waals surface area contributed by atoms with Gasteiger partial charge >= 0.3 is 11.9 Å². The third kappa shape index (κ3) is 28.0. The number of hydrogen-bond acceptors (Lipinski definition) is 14. The Morgan fingerprint density at radius 1 is 0.672 bits per heavy atom. The van der Waals surface area contributed by atoms with Crippen LogP contribution < -0.4 is 11.1 Å². The van der Waals surface area contributed by atoms with Gasteiger partial charge in [0.25, 0.3) is 0 Å². The highest BCUT2D eigenvalue weighted by Gasteiger charge is 2.43. The van der Waals surface area contributed by atoms with Crippen LogP contribution in [0, 0.1) is 0 Å². The van der Waals surface area contributed by atoms with Crippen LogP contribution >= 0.6 is 11.8 Å². The second kappa shape index (κ2) is 37.7. The fourth-order valence-electron chi connectivity index (χ4n) is 7.88. The topological polar surface area (TPSA) is 229 Å². The number of anilines is 1. The first-order valence-corrected chi connectivity index (χ1v) is 26.5. The van der Waals surface area contributed by atoms with Crippen molar-refractivity contribution in [2.45, 2.75) is 256 Å². The fourth-order valence-corrected chi connectivity index (χ4v) is 8.85. The van der Waals surface area contributed by atoms with Crippen molar-refractivity contribution in [3.8, 4) is 0 Å². The van der Waals surface area contributed by atoms with Crippen molar-refractivity contribution in [1.82, 2.24) is 15.0 Å². The lowest BCUT2D eigenvalue weighted by Crippen LogP contribution is -2.58. The molecule has 1 aliphatic rings. The molecular formula is C48H89N5O10S. The molecule has 0 radical (unpaired) electrons. The van der Waals surface area contributed by atoms with Crippen molar-refractivity contribution < 1.29 is 49.0 Å². The Kier molecular flexibility index (Phi) is 34.1. The molecule has 64 heavy (non-hydrogen) atoms. The molecule has 7 atom stereocenters. The molecule has 1 saturated heterocycles. The van der Waals surface area contributed by atoms with Crippen molar-refractivity contribution >= 4 is 35.4 Å². The Hall–Kier alpha value is -2.34. The third-order valence-electron chi connectivity index (χ3n) is 12.0. The highest BCUT2D eigenvalue weighted by molar-refractivity contribution is 7.99. The van der Waals surface area contributed by atoms with Gasteiger partial charge in [-0.2, -0.15) is 11.8 Å². The van der Waals surface area contributed by atoms with Crippen LogP contribution in [-0.2, 0) is 35.1 Å². The molecule has 1 aliphatic heterocycles. The standard InChI is InChI=1S/C48H89N5O10S/c1-3-5-7-9-11-13-15-17-19-21-23-25-27-29-31-42(54)61-35-38(62-43(55)32-30-28-26-24-22-20-18-16-14-12-10-8-6-4-2)36-64-37-39(49)47(59)50-41-34-53(52-51-41)33-40-44(56)45(57)46(58)48(60)63-40/h34,38-40,44-46,48,56-58,60H,3-33,35-37,49H2,1-2H3,(H,50,59)/t38-,39-,40?,44?,45?,46?,48?/m1/s1. The summed E-state index contributed by atoms with van der Waals surface area (Å²) < 4.78 is 17.8. The van der Waals surface area contributed by atoms with E-state index in [4.69, 9.17) is 19.9 Å². The molecule has 1 amide bonds. The normalized spacial score (nSPS) is 19.6. The number of ether oxygens (including phenoxy) is 3. The molecule has 15 nitrogen and oxygen atoms in total. The van der Waals surface area contributed by atoms with Gasteiger partial charge in [-0.3, -0.25) is 14.4 Å². The molecule has 0 spiro atoms. The Balaban J connectivity index is 1.72. The summed E-state index contributed by atoms with van der Waals surface area (Å²) in [5.74, 6) is -0.629. The van der Waals surface area contributed by atoms with E-state index in [0.717, 1.165) is 38.5 Å². The minimum atomic E-state index is -1.69. The summed E-state index contributed by atoms with van der Waals surface area (Å²) in [6.07, 6.45) is 28.2. The van der Waals surface area contributed by atoms with Crippen molar-refractivity contribution in [1.29, 1.82) is 0 Å². The van der Waals surface area contributed by atoms with Crippen LogP contribution in [0.3, 0.4) is 0 Å². The predicted octanol–water partition coefficient (Wildman–Crippen LogP) is 8.27. The monoisotopic (exact) mass is 928 g/mol. The van der Waals surface area contributed by atoms with Crippen molar-refractivity contribution in [2.75, 3.05) is 23.4 Å². The zero-order valence-corrected chi connectivity index (χ0v) is 40.5. The average Bonchev–Trinajstić information content (AvgIpc) is 3.72. The Morgan fingerprint density at radius 2 is 1.12 bits per heavy atom. The highest BCUT2D eigenvalue weighted by Crippen LogP contribution is 2.22. The van der Waals surface area contributed by atoms with E-state index in [0.29, 0.717) is 12.8 Å². The minimum Gasteiger partial charge on any atom is -0.462 e. The van der Waals surface area contributed by atoms with Gasteiger partial charge in [0.2, 0.25) is 5.91 Å². The molecule has 16 heteroatoms. The smallest absolute Gasteiger partial charge is 0.306 e. The zero-order chi connectivity index (χ0) is 46.6. The van der Waals surface area contributed by atoms with Crippen LogP contribution in [0.25, 0.3) is 0 Å². The van der Waals surface area contributed by atoms with Gasteiger partial charge in [-0.15, -0.1) is 5.10 Å². The number of amides is 1. The average molecular weight is 928 g/mol. The molecule has 2 heterocycles. The maximum Gasteiger partial charge on any atom is 0.306 e. The molecular weight excluding hydrogens is 839 g/mol. The number of carbonyl (C=O) groups is 3. The van der Waals surface area contributed by atoms with Gasteiger partial charge in [-0.1, -0.05) is 186 Å². The summed E-state index contributed by atoms with van der Waals surface area (Å²) in [6.45, 7) is 4.31. The molecule has 0 aliphatic carbocycles. The lowest BCUT2D eigenvalue weighted by Gasteiger charge is -2.38. The fraction of sp³-hybridized carbons (Fsp3) is 0.896. The highest BCUT2D eigenvalue weighted by atomic mass is 32.2. The molecule has 0 aromatic carbocycles. The van der Waals surface area contributed by atoms with Gasteiger partial charge in [0.05, 0.1) is 18.8 Å². The predicted molar refractivity (Wildman–Crippen MR) is 254 cm³/mol. The first-order chi connectivity index (χ1) is 31.0. The van der Waals surface area contributed by atoms with Crippen molar-refractivity contribution in [3.05, 3.63) is 6.20 Å². The molecule has 1 aromatic rings. The molecule has 1 aromatic heterocycles. The summed E-state index contributed by atoms with van der Waals surface area (Å²) in [5, 5.41) is 50.1. The van der Waals surface area contributed by atoms with E-state index in [1.54, 1.807) is 0 Å². The van der Waals surface area contributed by atoms with E-state index in [1.807, 2.05) is 0 Å². The molecule has 5 unspecified atom stereocenters. The maximum atomic E-state index is 12.9. The van der Waals surface area contributed by atoms with Crippen molar-refractivity contribution in [3.63, 3.8) is 0 Å². The van der Waals surface area contributed by atoms with Crippen molar-refractivity contribution in [2.24, 2.45) is 5.73 Å². The van der Waals surface area contributed by atoms with Gasteiger partial charge in [0.1, 0.15) is 37.1 Å². The quantitative estimate of drug-likeness (QED) is 0.0268. The van der Waals surface area contributed by atoms with Gasteiger partial charge in [0.15, 0.2) is 12.1 Å². The number of aliphatic hydroxyl groups is 4. The number of unbranched alkanes of at least 4 members (excludes halogenated alkanes) is 26. The van der Waals surface area contributed by atoms with E-state index in [-0.39, 0.29) is 42.4 Å². The number of hydrogen-bond donors (Lipinski definition) is 6. The largest absolute Gasteiger partial charge is 0.462 e. The number of thioether (sulfide) groups is 1. The maximum absolute atomic E-state index is 12.9. The Morgan fingerprint density at radius 3 is 1.61 bits per heavy atom. The molecule has 0 saturated carbocycles. The molecule has 1 fully saturated rings. The third-order valence-corrected chi connectivity index (χ3v) is 13.2. The summed E-state index contributed by atoms with van der Waals surface area (Å²) in [6, 6.07) is -0.958. The second-order valence-electron chi connectivity index (χ2n) is 18.0. The Bertz CT molecular complexity index is 1330. The number of nitrogens with two attached hydrogens (primary N) is 1. The lowest BCUT2D eigenvalue weighted by molar-refractivity contribution is -0.284. The van der Waals surface area contributed by atoms with Crippen LogP contribution in [0.1, 0.15) is 206 Å². The van der Waals surface area contributed by atoms with E-state index in [1.165, 1.54) is 164 Å². The van der Waals surface area contributed by atoms with Crippen LogP contribution in [0.5, 0.6) is 0 Å². The molecule has 372 valence electrons. The zero-order valence-electron chi connectivity index (χ0n) is 39.7. The van der Waals surface area contributed by atoms with Crippen LogP contribution in [-0.4, -0.2) is 114 Å². The molecule has 7 N–H and O–H groups in total. The van der Waals surface area contributed by atoms with Gasteiger partial charge in [-0.05, 0) is 12.8 Å². The number of nitrogens with zero attached hydrogens (tertiary/aromatic N) is 3. The van der Waals surface area contributed by atoms with Crippen LogP contribution in [0.2, 0.25) is 0 Å². The number of aromatic nitrogens is 3. The van der Waals surface area contributed by atoms with E-state index in [9.17, 15) is 34.8 Å². The van der Waals surface area contributed by atoms with E-state index >= 15 is 0 Å². The van der Waals surface area contributed by atoms with Gasteiger partial charge < -0.3 is 45.7 Å². The Labute approximate surface area is 389 Å². The number of rotatable bonds is 41. The minimum absolute atomic E-state index is 0.0636.